The number of aryl methyl sites for hydroxylation is 2. The van der Waals surface area contributed by atoms with E-state index < -0.39 is 11.7 Å². The van der Waals surface area contributed by atoms with E-state index >= 15 is 0 Å². The number of anilines is 1. The van der Waals surface area contributed by atoms with Gasteiger partial charge in [-0.15, -0.1) is 0 Å². The second-order valence-electron chi connectivity index (χ2n) is 6.63. The van der Waals surface area contributed by atoms with Gasteiger partial charge >= 0.3 is 6.18 Å². The molecule has 3 rings (SSSR count). The fourth-order valence-corrected chi connectivity index (χ4v) is 3.16. The number of hydrogen-bond donors (Lipinski definition) is 1. The fourth-order valence-electron chi connectivity index (χ4n) is 3.16. The minimum atomic E-state index is -4.39. The van der Waals surface area contributed by atoms with E-state index in [9.17, 15) is 18.0 Å². The molecule has 4 nitrogen and oxygen atoms in total. The molecule has 1 amide bonds. The average molecular weight is 363 g/mol. The number of nitrogens with zero attached hydrogens (tertiary/aromatic N) is 2. The summed E-state index contributed by atoms with van der Waals surface area (Å²) < 4.78 is 37.9. The summed E-state index contributed by atoms with van der Waals surface area (Å²) in [5, 5.41) is 3.00. The smallest absolute Gasteiger partial charge is 0.354 e. The highest BCUT2D eigenvalue weighted by Crippen LogP contribution is 2.30. The van der Waals surface area contributed by atoms with Crippen molar-refractivity contribution in [1.82, 2.24) is 10.3 Å². The zero-order chi connectivity index (χ0) is 18.9. The van der Waals surface area contributed by atoms with Gasteiger partial charge in [0.15, 0.2) is 0 Å². The van der Waals surface area contributed by atoms with E-state index in [1.54, 1.807) is 0 Å². The van der Waals surface area contributed by atoms with Crippen molar-refractivity contribution in [2.45, 2.75) is 32.5 Å². The molecule has 1 aliphatic heterocycles. The largest absolute Gasteiger partial charge is 0.417 e. The van der Waals surface area contributed by atoms with Crippen LogP contribution in [0.3, 0.4) is 0 Å². The molecule has 1 saturated heterocycles. The number of alkyl halides is 3. The number of pyridine rings is 1. The molecule has 1 aromatic heterocycles. The Kier molecular flexibility index (Phi) is 4.89. The van der Waals surface area contributed by atoms with Crippen LogP contribution in [0.1, 0.15) is 33.5 Å². The fraction of sp³-hybridized carbons (Fsp3) is 0.368. The van der Waals surface area contributed by atoms with Crippen molar-refractivity contribution in [1.29, 1.82) is 0 Å². The lowest BCUT2D eigenvalue weighted by Gasteiger charge is -2.19. The van der Waals surface area contributed by atoms with Crippen LogP contribution in [0.25, 0.3) is 0 Å². The Balaban J connectivity index is 1.62. The van der Waals surface area contributed by atoms with Crippen molar-refractivity contribution in [3.8, 4) is 0 Å². The van der Waals surface area contributed by atoms with Gasteiger partial charge < -0.3 is 10.2 Å². The molecule has 26 heavy (non-hydrogen) atoms. The summed E-state index contributed by atoms with van der Waals surface area (Å²) in [6.45, 7) is 5.03. The van der Waals surface area contributed by atoms with Gasteiger partial charge in [-0.1, -0.05) is 17.7 Å². The highest BCUT2D eigenvalue weighted by molar-refractivity contribution is 5.95. The molecule has 138 valence electrons. The van der Waals surface area contributed by atoms with E-state index in [0.29, 0.717) is 24.5 Å². The summed E-state index contributed by atoms with van der Waals surface area (Å²) in [6.07, 6.45) is -2.82. The highest BCUT2D eigenvalue weighted by Gasteiger charge is 2.31. The van der Waals surface area contributed by atoms with Gasteiger partial charge in [-0.05, 0) is 44.0 Å². The average Bonchev–Trinajstić information content (AvgIpc) is 3.02. The van der Waals surface area contributed by atoms with E-state index in [1.807, 2.05) is 36.9 Å². The Bertz CT molecular complexity index is 803. The van der Waals surface area contributed by atoms with Crippen LogP contribution in [-0.4, -0.2) is 30.0 Å². The minimum Gasteiger partial charge on any atom is -0.354 e. The molecule has 1 aliphatic rings. The Hall–Kier alpha value is -2.57. The highest BCUT2D eigenvalue weighted by atomic mass is 19.4. The molecule has 1 aromatic carbocycles. The molecule has 1 unspecified atom stereocenters. The standard InChI is InChI=1S/C19H20F3N3O/c1-12-3-5-16(13(2)9-12)18(26)24-15-7-8-25(11-15)17-6-4-14(10-23-17)19(20,21)22/h3-6,9-10,15H,7-8,11H2,1-2H3,(H,24,26). The quantitative estimate of drug-likeness (QED) is 0.904. The first-order valence-electron chi connectivity index (χ1n) is 8.40. The molecule has 0 aliphatic carbocycles. The molecule has 0 radical (unpaired) electrons. The van der Waals surface area contributed by atoms with Crippen LogP contribution in [0.5, 0.6) is 0 Å². The summed E-state index contributed by atoms with van der Waals surface area (Å²) >= 11 is 0. The summed E-state index contributed by atoms with van der Waals surface area (Å²) in [5.41, 5.74) is 1.89. The van der Waals surface area contributed by atoms with Gasteiger partial charge in [-0.3, -0.25) is 4.79 Å². The lowest BCUT2D eigenvalue weighted by Crippen LogP contribution is -2.37. The molecular weight excluding hydrogens is 343 g/mol. The van der Waals surface area contributed by atoms with Crippen LogP contribution in [0.4, 0.5) is 19.0 Å². The predicted octanol–water partition coefficient (Wildman–Crippen LogP) is 3.73. The first-order chi connectivity index (χ1) is 12.2. The van der Waals surface area contributed by atoms with Crippen LogP contribution in [-0.2, 0) is 6.18 Å². The zero-order valence-corrected chi connectivity index (χ0v) is 14.6. The van der Waals surface area contributed by atoms with Crippen LogP contribution >= 0.6 is 0 Å². The second-order valence-corrected chi connectivity index (χ2v) is 6.63. The molecule has 0 saturated carbocycles. The normalized spacial score (nSPS) is 17.4. The van der Waals surface area contributed by atoms with Crippen molar-refractivity contribution in [3.63, 3.8) is 0 Å². The maximum atomic E-state index is 12.6. The maximum Gasteiger partial charge on any atom is 0.417 e. The molecule has 7 heteroatoms. The zero-order valence-electron chi connectivity index (χ0n) is 14.6. The van der Waals surface area contributed by atoms with Crippen molar-refractivity contribution in [2.75, 3.05) is 18.0 Å². The maximum absolute atomic E-state index is 12.6. The molecule has 1 fully saturated rings. The number of amides is 1. The Labute approximate surface area is 150 Å². The van der Waals surface area contributed by atoms with Gasteiger partial charge in [0.25, 0.3) is 5.91 Å². The van der Waals surface area contributed by atoms with Gasteiger partial charge in [0, 0.05) is 30.9 Å². The number of aromatic nitrogens is 1. The topological polar surface area (TPSA) is 45.2 Å². The third kappa shape index (κ3) is 3.98. The molecule has 0 bridgehead atoms. The monoisotopic (exact) mass is 363 g/mol. The SMILES string of the molecule is Cc1ccc(C(=O)NC2CCN(c3ccc(C(F)(F)F)cn3)C2)c(C)c1. The van der Waals surface area contributed by atoms with Crippen molar-refractivity contribution >= 4 is 11.7 Å². The molecule has 2 aromatic rings. The summed E-state index contributed by atoms with van der Waals surface area (Å²) in [7, 11) is 0. The number of carbonyl (C=O) groups excluding carboxylic acids is 1. The van der Waals surface area contributed by atoms with Crippen molar-refractivity contribution in [2.24, 2.45) is 0 Å². The van der Waals surface area contributed by atoms with Gasteiger partial charge in [0.2, 0.25) is 0 Å². The van der Waals surface area contributed by atoms with Gasteiger partial charge in [0.05, 0.1) is 5.56 Å². The molecule has 1 N–H and O–H groups in total. The van der Waals surface area contributed by atoms with Crippen LogP contribution in [0, 0.1) is 13.8 Å². The van der Waals surface area contributed by atoms with Gasteiger partial charge in [-0.2, -0.15) is 13.2 Å². The molecule has 1 atom stereocenters. The number of halogens is 3. The van der Waals surface area contributed by atoms with Gasteiger partial charge in [0.1, 0.15) is 5.82 Å². The second kappa shape index (κ2) is 6.97. The first-order valence-corrected chi connectivity index (χ1v) is 8.40. The van der Waals surface area contributed by atoms with Crippen molar-refractivity contribution < 1.29 is 18.0 Å². The van der Waals surface area contributed by atoms with E-state index in [2.05, 4.69) is 10.3 Å². The molecule has 2 heterocycles. The number of hydrogen-bond acceptors (Lipinski definition) is 3. The summed E-state index contributed by atoms with van der Waals surface area (Å²) in [5.74, 6) is 0.357. The van der Waals surface area contributed by atoms with Crippen LogP contribution in [0.15, 0.2) is 36.5 Å². The third-order valence-corrected chi connectivity index (χ3v) is 4.55. The molecule has 0 spiro atoms. The number of nitrogens with one attached hydrogen (secondary N) is 1. The van der Waals surface area contributed by atoms with Crippen molar-refractivity contribution in [3.05, 3.63) is 58.8 Å². The first kappa shape index (κ1) is 18.2. The Morgan fingerprint density at radius 2 is 2.00 bits per heavy atom. The van der Waals surface area contributed by atoms with Crippen LogP contribution < -0.4 is 10.2 Å². The summed E-state index contributed by atoms with van der Waals surface area (Å²) in [6, 6.07) is 8.01. The lowest BCUT2D eigenvalue weighted by molar-refractivity contribution is -0.137. The van der Waals surface area contributed by atoms with Crippen LogP contribution in [0.2, 0.25) is 0 Å². The molecular formula is C19H20F3N3O. The van der Waals surface area contributed by atoms with E-state index in [0.717, 1.165) is 29.8 Å². The Morgan fingerprint density at radius 1 is 1.23 bits per heavy atom. The van der Waals surface area contributed by atoms with E-state index in [4.69, 9.17) is 0 Å². The minimum absolute atomic E-state index is 0.0627. The summed E-state index contributed by atoms with van der Waals surface area (Å²) in [4.78, 5) is 18.3. The number of carbonyl (C=O) groups is 1. The number of rotatable bonds is 3. The van der Waals surface area contributed by atoms with Gasteiger partial charge in [-0.25, -0.2) is 4.98 Å². The Morgan fingerprint density at radius 3 is 2.62 bits per heavy atom. The van der Waals surface area contributed by atoms with E-state index in [1.165, 1.54) is 6.07 Å². The van der Waals surface area contributed by atoms with E-state index in [-0.39, 0.29) is 11.9 Å². The third-order valence-electron chi connectivity index (χ3n) is 4.55. The predicted molar refractivity (Wildman–Crippen MR) is 93.2 cm³/mol. The lowest BCUT2D eigenvalue weighted by atomic mass is 10.0. The number of benzene rings is 1.